The second-order valence-corrected chi connectivity index (χ2v) is 5.48. The maximum Gasteiger partial charge on any atom is 0.243 e. The Hall–Kier alpha value is -2.08. The number of anilines is 1. The number of methoxy groups -OCH3 is 1. The van der Waals surface area contributed by atoms with Crippen LogP contribution in [0.15, 0.2) is 54.6 Å². The number of rotatable bonds is 9. The Labute approximate surface area is 154 Å². The summed E-state index contributed by atoms with van der Waals surface area (Å²) in [6.45, 7) is 0.748. The molecule has 0 saturated heterocycles. The number of amides is 1. The van der Waals surface area contributed by atoms with Crippen molar-refractivity contribution in [2.24, 2.45) is 5.73 Å². The lowest BCUT2D eigenvalue weighted by Crippen LogP contribution is -2.39. The molecule has 0 aliphatic heterocycles. The lowest BCUT2D eigenvalue weighted by Gasteiger charge is -2.15. The van der Waals surface area contributed by atoms with Crippen LogP contribution in [0.1, 0.15) is 12.0 Å². The Bertz CT molecular complexity index is 638. The van der Waals surface area contributed by atoms with Crippen molar-refractivity contribution in [1.82, 2.24) is 0 Å². The molecule has 0 fully saturated rings. The molecule has 2 aromatic rings. The molecule has 1 amide bonds. The summed E-state index contributed by atoms with van der Waals surface area (Å²) in [6.07, 6.45) is 1.85. The monoisotopic (exact) mass is 364 g/mol. The van der Waals surface area contributed by atoms with E-state index in [2.05, 4.69) is 17.4 Å². The SMILES string of the molecule is COC[C@H](N)C(=O)Nc1ccccc1OCCCc1ccccc1.Cl. The van der Waals surface area contributed by atoms with Crippen molar-refractivity contribution in [2.75, 3.05) is 25.6 Å². The van der Waals surface area contributed by atoms with Gasteiger partial charge in [0.15, 0.2) is 0 Å². The molecular formula is C19H25ClN2O3. The summed E-state index contributed by atoms with van der Waals surface area (Å²) in [4.78, 5) is 12.0. The Balaban J connectivity index is 0.00000312. The minimum absolute atomic E-state index is 0. The van der Waals surface area contributed by atoms with Crippen LogP contribution in [0.2, 0.25) is 0 Å². The zero-order valence-corrected chi connectivity index (χ0v) is 15.1. The molecule has 5 nitrogen and oxygen atoms in total. The van der Waals surface area contributed by atoms with Crippen molar-refractivity contribution in [1.29, 1.82) is 0 Å². The van der Waals surface area contributed by atoms with E-state index in [1.54, 1.807) is 6.07 Å². The van der Waals surface area contributed by atoms with Gasteiger partial charge in [0, 0.05) is 7.11 Å². The Morgan fingerprint density at radius 3 is 2.52 bits per heavy atom. The Kier molecular flexibility index (Phi) is 9.62. The number of aryl methyl sites for hydroxylation is 1. The van der Waals surface area contributed by atoms with E-state index >= 15 is 0 Å². The lowest BCUT2D eigenvalue weighted by atomic mass is 10.1. The van der Waals surface area contributed by atoms with Crippen LogP contribution in [-0.4, -0.2) is 32.3 Å². The van der Waals surface area contributed by atoms with Crippen LogP contribution in [0.3, 0.4) is 0 Å². The molecule has 2 rings (SSSR count). The van der Waals surface area contributed by atoms with Gasteiger partial charge in [-0.3, -0.25) is 4.79 Å². The predicted molar refractivity (Wildman–Crippen MR) is 102 cm³/mol. The van der Waals surface area contributed by atoms with Gasteiger partial charge in [-0.2, -0.15) is 0 Å². The predicted octanol–water partition coefficient (Wildman–Crippen LogP) is 3.03. The van der Waals surface area contributed by atoms with E-state index in [9.17, 15) is 4.79 Å². The fraction of sp³-hybridized carbons (Fsp3) is 0.316. The molecule has 136 valence electrons. The van der Waals surface area contributed by atoms with Crippen LogP contribution in [0.5, 0.6) is 5.75 Å². The highest BCUT2D eigenvalue weighted by Gasteiger charge is 2.15. The van der Waals surface area contributed by atoms with Crippen LogP contribution in [-0.2, 0) is 16.0 Å². The molecule has 1 atom stereocenters. The summed E-state index contributed by atoms with van der Waals surface area (Å²) in [5.41, 5.74) is 7.64. The molecule has 2 aromatic carbocycles. The van der Waals surface area contributed by atoms with Crippen molar-refractivity contribution >= 4 is 24.0 Å². The lowest BCUT2D eigenvalue weighted by molar-refractivity contribution is -0.118. The standard InChI is InChI=1S/C19H24N2O3.ClH/c1-23-14-16(20)19(22)21-17-11-5-6-12-18(17)24-13-7-10-15-8-3-2-4-9-15;/h2-6,8-9,11-12,16H,7,10,13-14,20H2,1H3,(H,21,22);1H/t16-;/m0./s1. The number of nitrogens with one attached hydrogen (secondary N) is 1. The van der Waals surface area contributed by atoms with Gasteiger partial charge in [0.25, 0.3) is 0 Å². The van der Waals surface area contributed by atoms with Gasteiger partial charge in [0.1, 0.15) is 11.8 Å². The molecule has 0 aromatic heterocycles. The van der Waals surface area contributed by atoms with Gasteiger partial charge >= 0.3 is 0 Å². The molecule has 25 heavy (non-hydrogen) atoms. The third kappa shape index (κ3) is 7.13. The van der Waals surface area contributed by atoms with Crippen molar-refractivity contribution in [3.05, 3.63) is 60.2 Å². The number of benzene rings is 2. The number of carbonyl (C=O) groups is 1. The topological polar surface area (TPSA) is 73.6 Å². The zero-order chi connectivity index (χ0) is 17.2. The smallest absolute Gasteiger partial charge is 0.243 e. The van der Waals surface area contributed by atoms with Gasteiger partial charge in [-0.25, -0.2) is 0 Å². The number of hydrogen-bond acceptors (Lipinski definition) is 4. The third-order valence-corrected chi connectivity index (χ3v) is 3.54. The molecule has 0 aliphatic rings. The first-order chi connectivity index (χ1) is 11.7. The maximum absolute atomic E-state index is 12.0. The average Bonchev–Trinajstić information content (AvgIpc) is 2.61. The van der Waals surface area contributed by atoms with Crippen molar-refractivity contribution in [3.8, 4) is 5.75 Å². The molecule has 6 heteroatoms. The van der Waals surface area contributed by atoms with Gasteiger partial charge in [-0.05, 0) is 30.5 Å². The van der Waals surface area contributed by atoms with Crippen molar-refractivity contribution in [3.63, 3.8) is 0 Å². The number of nitrogens with two attached hydrogens (primary N) is 1. The summed E-state index contributed by atoms with van der Waals surface area (Å²) in [5.74, 6) is 0.348. The number of carbonyl (C=O) groups excluding carboxylic acids is 1. The van der Waals surface area contributed by atoms with E-state index < -0.39 is 6.04 Å². The summed E-state index contributed by atoms with van der Waals surface area (Å²) < 4.78 is 10.7. The fourth-order valence-corrected chi connectivity index (χ4v) is 2.28. The van der Waals surface area contributed by atoms with Crippen LogP contribution in [0, 0.1) is 0 Å². The zero-order valence-electron chi connectivity index (χ0n) is 14.3. The minimum atomic E-state index is -0.707. The molecule has 0 heterocycles. The maximum atomic E-state index is 12.0. The first-order valence-electron chi connectivity index (χ1n) is 8.02. The van der Waals surface area contributed by atoms with Gasteiger partial charge in [0.2, 0.25) is 5.91 Å². The van der Waals surface area contributed by atoms with Crippen LogP contribution in [0.4, 0.5) is 5.69 Å². The molecule has 3 N–H and O–H groups in total. The number of halogens is 1. The molecule has 0 radical (unpaired) electrons. The highest BCUT2D eigenvalue weighted by atomic mass is 35.5. The Morgan fingerprint density at radius 1 is 1.12 bits per heavy atom. The second-order valence-electron chi connectivity index (χ2n) is 5.48. The summed E-state index contributed by atoms with van der Waals surface area (Å²) in [6, 6.07) is 16.9. The van der Waals surface area contributed by atoms with Crippen LogP contribution >= 0.6 is 12.4 Å². The Morgan fingerprint density at radius 2 is 1.80 bits per heavy atom. The molecule has 0 bridgehead atoms. The quantitative estimate of drug-likeness (QED) is 0.671. The largest absolute Gasteiger partial charge is 0.491 e. The third-order valence-electron chi connectivity index (χ3n) is 3.54. The normalized spacial score (nSPS) is 11.3. The molecule has 0 saturated carbocycles. The highest BCUT2D eigenvalue weighted by molar-refractivity contribution is 5.96. The van der Waals surface area contributed by atoms with Crippen molar-refractivity contribution in [2.45, 2.75) is 18.9 Å². The number of hydrogen-bond donors (Lipinski definition) is 2. The summed E-state index contributed by atoms with van der Waals surface area (Å²) in [7, 11) is 1.51. The van der Waals surface area contributed by atoms with Crippen LogP contribution < -0.4 is 15.8 Å². The van der Waals surface area contributed by atoms with E-state index in [0.717, 1.165) is 12.8 Å². The summed E-state index contributed by atoms with van der Waals surface area (Å²) in [5, 5.41) is 2.78. The minimum Gasteiger partial charge on any atom is -0.491 e. The molecule has 0 unspecified atom stereocenters. The van der Waals surface area contributed by atoms with Gasteiger partial charge in [-0.15, -0.1) is 12.4 Å². The fourth-order valence-electron chi connectivity index (χ4n) is 2.28. The van der Waals surface area contributed by atoms with Crippen molar-refractivity contribution < 1.29 is 14.3 Å². The molecule has 0 aliphatic carbocycles. The van der Waals surface area contributed by atoms with E-state index in [0.29, 0.717) is 18.0 Å². The van der Waals surface area contributed by atoms with Gasteiger partial charge in [0.05, 0.1) is 18.9 Å². The second kappa shape index (κ2) is 11.5. The molecule has 0 spiro atoms. The van der Waals surface area contributed by atoms with E-state index in [-0.39, 0.29) is 24.9 Å². The summed E-state index contributed by atoms with van der Waals surface area (Å²) >= 11 is 0. The van der Waals surface area contributed by atoms with E-state index in [4.69, 9.17) is 15.2 Å². The average molecular weight is 365 g/mol. The van der Waals surface area contributed by atoms with Gasteiger partial charge < -0.3 is 20.5 Å². The van der Waals surface area contributed by atoms with Gasteiger partial charge in [-0.1, -0.05) is 42.5 Å². The molecular weight excluding hydrogens is 340 g/mol. The van der Waals surface area contributed by atoms with E-state index in [1.807, 2.05) is 36.4 Å². The first kappa shape index (κ1) is 21.0. The van der Waals surface area contributed by atoms with Crippen LogP contribution in [0.25, 0.3) is 0 Å². The number of ether oxygens (including phenoxy) is 2. The number of para-hydroxylation sites is 2. The highest BCUT2D eigenvalue weighted by Crippen LogP contribution is 2.24. The first-order valence-corrected chi connectivity index (χ1v) is 8.02. The van der Waals surface area contributed by atoms with E-state index in [1.165, 1.54) is 12.7 Å².